The first-order chi connectivity index (χ1) is 9.18. The molecule has 0 fully saturated rings. The number of thiazole rings is 1. The lowest BCUT2D eigenvalue weighted by Gasteiger charge is -2.20. The van der Waals surface area contributed by atoms with E-state index in [1.807, 2.05) is 36.8 Å². The molecule has 0 radical (unpaired) electrons. The average molecular weight is 276 g/mol. The fourth-order valence-corrected chi connectivity index (χ4v) is 2.47. The third-order valence-corrected chi connectivity index (χ3v) is 3.97. The molecule has 1 aliphatic rings. The predicted molar refractivity (Wildman–Crippen MR) is 75.8 cm³/mol. The lowest BCUT2D eigenvalue weighted by atomic mass is 10.2. The summed E-state index contributed by atoms with van der Waals surface area (Å²) in [5.41, 5.74) is 2.86. The second-order valence-corrected chi connectivity index (χ2v) is 5.65. The number of fused-ring (bicyclic) bond motifs is 1. The Morgan fingerprint density at radius 1 is 1.32 bits per heavy atom. The van der Waals surface area contributed by atoms with Crippen LogP contribution in [-0.2, 0) is 6.54 Å². The van der Waals surface area contributed by atoms with Crippen LogP contribution in [-0.4, -0.2) is 10.8 Å². The highest BCUT2D eigenvalue weighted by Crippen LogP contribution is 2.42. The maximum Gasteiger partial charge on any atom is 0.248 e. The molecule has 1 aromatic carbocycles. The highest BCUT2D eigenvalue weighted by Gasteiger charge is 2.34. The fraction of sp³-hybridized carbons (Fsp3) is 0.357. The largest absolute Gasteiger partial charge is 0.449 e. The van der Waals surface area contributed by atoms with Crippen molar-refractivity contribution in [1.29, 1.82) is 0 Å². The minimum atomic E-state index is -0.529. The quantitative estimate of drug-likeness (QED) is 0.925. The molecule has 0 saturated carbocycles. The van der Waals surface area contributed by atoms with Gasteiger partial charge in [0, 0.05) is 36.2 Å². The predicted octanol–water partition coefficient (Wildman–Crippen LogP) is 3.65. The van der Waals surface area contributed by atoms with Crippen LogP contribution < -0.4 is 14.8 Å². The number of ether oxygens (including phenoxy) is 2. The molecule has 1 unspecified atom stereocenters. The van der Waals surface area contributed by atoms with E-state index >= 15 is 0 Å². The first kappa shape index (κ1) is 12.3. The minimum absolute atomic E-state index is 0.529. The van der Waals surface area contributed by atoms with Crippen LogP contribution in [0.1, 0.15) is 25.1 Å². The van der Waals surface area contributed by atoms with Gasteiger partial charge in [-0.05, 0) is 12.1 Å². The number of anilines is 1. The highest BCUT2D eigenvalue weighted by atomic mass is 32.1. The Morgan fingerprint density at radius 3 is 2.89 bits per heavy atom. The van der Waals surface area contributed by atoms with Gasteiger partial charge in [0.25, 0.3) is 0 Å². The van der Waals surface area contributed by atoms with E-state index in [1.54, 1.807) is 11.3 Å². The normalized spacial score (nSPS) is 20.5. The van der Waals surface area contributed by atoms with E-state index in [0.29, 0.717) is 0 Å². The van der Waals surface area contributed by atoms with Crippen LogP contribution in [0.5, 0.6) is 11.5 Å². The molecule has 2 aromatic rings. The van der Waals surface area contributed by atoms with Crippen LogP contribution in [0.25, 0.3) is 0 Å². The van der Waals surface area contributed by atoms with Crippen molar-refractivity contribution in [2.45, 2.75) is 32.6 Å². The van der Waals surface area contributed by atoms with Gasteiger partial charge in [-0.1, -0.05) is 6.92 Å². The van der Waals surface area contributed by atoms with E-state index in [-0.39, 0.29) is 0 Å². The van der Waals surface area contributed by atoms with E-state index in [1.165, 1.54) is 4.88 Å². The smallest absolute Gasteiger partial charge is 0.248 e. The van der Waals surface area contributed by atoms with Gasteiger partial charge in [-0.15, -0.1) is 11.3 Å². The molecule has 4 nitrogen and oxygen atoms in total. The highest BCUT2D eigenvalue weighted by molar-refractivity contribution is 7.09. The topological polar surface area (TPSA) is 43.4 Å². The molecule has 100 valence electrons. The van der Waals surface area contributed by atoms with E-state index in [9.17, 15) is 0 Å². The van der Waals surface area contributed by atoms with Gasteiger partial charge >= 0.3 is 0 Å². The molecule has 0 saturated heterocycles. The lowest BCUT2D eigenvalue weighted by molar-refractivity contribution is -0.0640. The van der Waals surface area contributed by atoms with Gasteiger partial charge in [0.1, 0.15) is 0 Å². The summed E-state index contributed by atoms with van der Waals surface area (Å²) in [7, 11) is 0. The molecule has 2 heterocycles. The Hall–Kier alpha value is -1.75. The molecule has 1 aliphatic heterocycles. The van der Waals surface area contributed by atoms with Gasteiger partial charge in [0.05, 0.1) is 12.1 Å². The molecule has 1 atom stereocenters. The average Bonchev–Trinajstić information content (AvgIpc) is 3.02. The van der Waals surface area contributed by atoms with Gasteiger partial charge in [0.2, 0.25) is 5.79 Å². The molecule has 0 amide bonds. The Morgan fingerprint density at radius 2 is 2.16 bits per heavy atom. The molecule has 1 N–H and O–H groups in total. The number of rotatable bonds is 4. The van der Waals surface area contributed by atoms with Crippen molar-refractivity contribution in [2.24, 2.45) is 0 Å². The monoisotopic (exact) mass is 276 g/mol. The Kier molecular flexibility index (Phi) is 3.06. The molecular weight excluding hydrogens is 260 g/mol. The maximum atomic E-state index is 5.85. The molecule has 5 heteroatoms. The Balaban J connectivity index is 1.71. The molecule has 0 aliphatic carbocycles. The van der Waals surface area contributed by atoms with E-state index < -0.39 is 5.79 Å². The summed E-state index contributed by atoms with van der Waals surface area (Å²) in [5.74, 6) is 1.09. The first-order valence-corrected chi connectivity index (χ1v) is 7.20. The minimum Gasteiger partial charge on any atom is -0.449 e. The third-order valence-electron chi connectivity index (χ3n) is 3.19. The van der Waals surface area contributed by atoms with Crippen LogP contribution in [0, 0.1) is 0 Å². The summed E-state index contributed by atoms with van der Waals surface area (Å²) in [4.78, 5) is 5.26. The van der Waals surface area contributed by atoms with Crippen LogP contribution >= 0.6 is 11.3 Å². The van der Waals surface area contributed by atoms with Crippen molar-refractivity contribution in [1.82, 2.24) is 4.98 Å². The lowest BCUT2D eigenvalue weighted by Crippen LogP contribution is -2.33. The molecular formula is C14H16N2O2S. The van der Waals surface area contributed by atoms with Gasteiger partial charge in [-0.3, -0.25) is 4.98 Å². The molecule has 0 bridgehead atoms. The van der Waals surface area contributed by atoms with E-state index in [4.69, 9.17) is 9.47 Å². The van der Waals surface area contributed by atoms with Crippen LogP contribution in [0.3, 0.4) is 0 Å². The Labute approximate surface area is 116 Å². The summed E-state index contributed by atoms with van der Waals surface area (Å²) in [6, 6.07) is 5.94. The molecule has 19 heavy (non-hydrogen) atoms. The number of nitrogens with zero attached hydrogens (tertiary/aromatic N) is 1. The summed E-state index contributed by atoms with van der Waals surface area (Å²) in [6.07, 6.45) is 2.68. The second-order valence-electron chi connectivity index (χ2n) is 4.67. The zero-order valence-electron chi connectivity index (χ0n) is 11.0. The SMILES string of the molecule is CCC1(C)Oc2ccc(NCc3cncs3)cc2O1. The number of nitrogens with one attached hydrogen (secondary N) is 1. The molecule has 0 spiro atoms. The van der Waals surface area contributed by atoms with Gasteiger partial charge < -0.3 is 14.8 Å². The first-order valence-electron chi connectivity index (χ1n) is 6.32. The Bertz CT molecular complexity index is 571. The van der Waals surface area contributed by atoms with Crippen molar-refractivity contribution in [3.05, 3.63) is 34.8 Å². The van der Waals surface area contributed by atoms with Crippen molar-refractivity contribution in [3.8, 4) is 11.5 Å². The van der Waals surface area contributed by atoms with Gasteiger partial charge in [0.15, 0.2) is 11.5 Å². The van der Waals surface area contributed by atoms with Crippen LogP contribution in [0.2, 0.25) is 0 Å². The number of benzene rings is 1. The summed E-state index contributed by atoms with van der Waals surface area (Å²) < 4.78 is 11.6. The van der Waals surface area contributed by atoms with E-state index in [2.05, 4.69) is 17.2 Å². The fourth-order valence-electron chi connectivity index (χ4n) is 1.93. The summed E-state index contributed by atoms with van der Waals surface area (Å²) in [5, 5.41) is 3.36. The van der Waals surface area contributed by atoms with Crippen LogP contribution in [0.15, 0.2) is 29.9 Å². The van der Waals surface area contributed by atoms with Gasteiger partial charge in [-0.25, -0.2) is 0 Å². The van der Waals surface area contributed by atoms with Crippen LogP contribution in [0.4, 0.5) is 5.69 Å². The standard InChI is InChI=1S/C14H16N2O2S/c1-3-14(2)17-12-5-4-10(6-13(12)18-14)16-8-11-7-15-9-19-11/h4-7,9,16H,3,8H2,1-2H3. The number of hydrogen-bond acceptors (Lipinski definition) is 5. The van der Waals surface area contributed by atoms with Crippen molar-refractivity contribution >= 4 is 17.0 Å². The number of hydrogen-bond donors (Lipinski definition) is 1. The summed E-state index contributed by atoms with van der Waals surface area (Å²) >= 11 is 1.64. The molecule has 3 rings (SSSR count). The summed E-state index contributed by atoms with van der Waals surface area (Å²) in [6.45, 7) is 4.78. The van der Waals surface area contributed by atoms with E-state index in [0.717, 1.165) is 30.2 Å². The van der Waals surface area contributed by atoms with Crippen molar-refractivity contribution in [2.75, 3.05) is 5.32 Å². The molecule has 1 aromatic heterocycles. The zero-order chi connectivity index (χ0) is 13.3. The second kappa shape index (κ2) is 4.74. The maximum absolute atomic E-state index is 5.85. The van der Waals surface area contributed by atoms with Crippen molar-refractivity contribution < 1.29 is 9.47 Å². The number of aromatic nitrogens is 1. The zero-order valence-corrected chi connectivity index (χ0v) is 11.8. The third kappa shape index (κ3) is 2.51. The van der Waals surface area contributed by atoms with Crippen molar-refractivity contribution in [3.63, 3.8) is 0 Å². The van der Waals surface area contributed by atoms with Gasteiger partial charge in [-0.2, -0.15) is 0 Å².